The average Bonchev–Trinajstić information content (AvgIpc) is 2.40. The van der Waals surface area contributed by atoms with E-state index >= 15 is 0 Å². The molecule has 2 aromatic heterocycles. The third-order valence-corrected chi connectivity index (χ3v) is 3.97. The number of aryl methyl sites for hydroxylation is 3. The second-order valence-corrected chi connectivity index (χ2v) is 5.61. The van der Waals surface area contributed by atoms with E-state index in [-0.39, 0.29) is 0 Å². The first kappa shape index (κ1) is 14.8. The second-order valence-electron chi connectivity index (χ2n) is 4.76. The van der Waals surface area contributed by atoms with Crippen LogP contribution in [0.15, 0.2) is 16.7 Å². The van der Waals surface area contributed by atoms with Crippen LogP contribution < -0.4 is 10.1 Å². The Balaban J connectivity index is 2.47. The Labute approximate surface area is 127 Å². The van der Waals surface area contributed by atoms with Gasteiger partial charge in [-0.25, -0.2) is 4.98 Å². The third-order valence-electron chi connectivity index (χ3n) is 3.36. The van der Waals surface area contributed by atoms with Gasteiger partial charge in [0.15, 0.2) is 0 Å². The number of halogens is 1. The van der Waals surface area contributed by atoms with Crippen LogP contribution in [0.5, 0.6) is 5.75 Å². The summed E-state index contributed by atoms with van der Waals surface area (Å²) in [5.74, 6) is 1.55. The number of anilines is 2. The molecule has 2 aromatic rings. The molecule has 0 unspecified atom stereocenters. The van der Waals surface area contributed by atoms with E-state index in [2.05, 4.69) is 37.3 Å². The highest BCUT2D eigenvalue weighted by Gasteiger charge is 2.12. The van der Waals surface area contributed by atoms with E-state index in [0.717, 1.165) is 44.2 Å². The quantitative estimate of drug-likeness (QED) is 0.911. The highest BCUT2D eigenvalue weighted by atomic mass is 79.9. The van der Waals surface area contributed by atoms with Crippen LogP contribution in [-0.4, -0.2) is 17.1 Å². The molecule has 2 heterocycles. The number of methoxy groups -OCH3 is 1. The van der Waals surface area contributed by atoms with E-state index in [1.807, 2.05) is 27.7 Å². The van der Waals surface area contributed by atoms with Gasteiger partial charge in [-0.15, -0.1) is 0 Å². The molecule has 0 aromatic carbocycles. The molecule has 0 amide bonds. The lowest BCUT2D eigenvalue weighted by atomic mass is 10.1. The fourth-order valence-corrected chi connectivity index (χ4v) is 2.51. The van der Waals surface area contributed by atoms with Crippen molar-refractivity contribution in [1.29, 1.82) is 0 Å². The van der Waals surface area contributed by atoms with Gasteiger partial charge in [0.05, 0.1) is 29.2 Å². The summed E-state index contributed by atoms with van der Waals surface area (Å²) in [4.78, 5) is 8.92. The molecule has 1 N–H and O–H groups in total. The van der Waals surface area contributed by atoms with E-state index in [4.69, 9.17) is 4.74 Å². The molecule has 2 rings (SSSR count). The predicted molar refractivity (Wildman–Crippen MR) is 85.0 cm³/mol. The van der Waals surface area contributed by atoms with E-state index in [1.54, 1.807) is 13.3 Å². The average molecular weight is 336 g/mol. The number of pyridine rings is 2. The highest BCUT2D eigenvalue weighted by Crippen LogP contribution is 2.32. The van der Waals surface area contributed by atoms with E-state index < -0.39 is 0 Å². The Kier molecular flexibility index (Phi) is 4.28. The molecule has 0 aliphatic heterocycles. The van der Waals surface area contributed by atoms with Gasteiger partial charge in [-0.1, -0.05) is 0 Å². The number of rotatable bonds is 3. The fraction of sp³-hybridized carbons (Fsp3) is 0.333. The first-order valence-corrected chi connectivity index (χ1v) is 7.14. The smallest absolute Gasteiger partial charge is 0.145 e. The van der Waals surface area contributed by atoms with Crippen molar-refractivity contribution in [2.45, 2.75) is 27.7 Å². The van der Waals surface area contributed by atoms with Gasteiger partial charge in [-0.2, -0.15) is 0 Å². The molecule has 5 heteroatoms. The van der Waals surface area contributed by atoms with Gasteiger partial charge in [0.25, 0.3) is 0 Å². The number of ether oxygens (including phenoxy) is 1. The van der Waals surface area contributed by atoms with Crippen LogP contribution in [0.25, 0.3) is 0 Å². The SMILES string of the molecule is COc1cnc(C)c(Nc2nc(C)c(C)cc2Br)c1C. The molecule has 0 saturated carbocycles. The summed E-state index contributed by atoms with van der Waals surface area (Å²) in [6.45, 7) is 8.01. The molecule has 20 heavy (non-hydrogen) atoms. The fourth-order valence-electron chi connectivity index (χ4n) is 1.98. The third kappa shape index (κ3) is 2.77. The van der Waals surface area contributed by atoms with Crippen LogP contribution in [-0.2, 0) is 0 Å². The molecule has 0 fully saturated rings. The molecule has 0 radical (unpaired) electrons. The van der Waals surface area contributed by atoms with Gasteiger partial charge in [0.2, 0.25) is 0 Å². The van der Waals surface area contributed by atoms with Crippen molar-refractivity contribution in [3.05, 3.63) is 39.3 Å². The molecule has 0 atom stereocenters. The monoisotopic (exact) mass is 335 g/mol. The van der Waals surface area contributed by atoms with Crippen molar-refractivity contribution >= 4 is 27.4 Å². The van der Waals surface area contributed by atoms with Gasteiger partial charge >= 0.3 is 0 Å². The summed E-state index contributed by atoms with van der Waals surface area (Å²) in [5.41, 5.74) is 5.02. The number of hydrogen-bond acceptors (Lipinski definition) is 4. The minimum Gasteiger partial charge on any atom is -0.495 e. The normalized spacial score (nSPS) is 10.5. The van der Waals surface area contributed by atoms with Gasteiger partial charge in [0, 0.05) is 11.3 Å². The van der Waals surface area contributed by atoms with Crippen molar-refractivity contribution in [2.24, 2.45) is 0 Å². The van der Waals surface area contributed by atoms with Crippen molar-refractivity contribution in [1.82, 2.24) is 9.97 Å². The standard InChI is InChI=1S/C15H18BrN3O/c1-8-6-12(16)15(18-10(8)3)19-14-9(2)13(20-5)7-17-11(14)4/h6-7H,1-5H3,(H,18,19). The van der Waals surface area contributed by atoms with E-state index in [9.17, 15) is 0 Å². The molecule has 106 valence electrons. The van der Waals surface area contributed by atoms with Crippen LogP contribution in [0, 0.1) is 27.7 Å². The largest absolute Gasteiger partial charge is 0.495 e. The van der Waals surface area contributed by atoms with Gasteiger partial charge in [0.1, 0.15) is 11.6 Å². The summed E-state index contributed by atoms with van der Waals surface area (Å²) in [7, 11) is 1.65. The lowest BCUT2D eigenvalue weighted by Gasteiger charge is -2.16. The minimum absolute atomic E-state index is 0.762. The van der Waals surface area contributed by atoms with Crippen molar-refractivity contribution in [3.63, 3.8) is 0 Å². The Morgan fingerprint density at radius 2 is 1.85 bits per heavy atom. The second kappa shape index (κ2) is 5.79. The molecule has 0 aliphatic carbocycles. The van der Waals surface area contributed by atoms with Crippen molar-refractivity contribution in [3.8, 4) is 5.75 Å². The first-order valence-electron chi connectivity index (χ1n) is 6.35. The Hall–Kier alpha value is -1.62. The van der Waals surface area contributed by atoms with Crippen molar-refractivity contribution < 1.29 is 4.74 Å². The summed E-state index contributed by atoms with van der Waals surface area (Å²) in [5, 5.41) is 3.35. The topological polar surface area (TPSA) is 47.0 Å². The maximum Gasteiger partial charge on any atom is 0.145 e. The zero-order valence-corrected chi connectivity index (χ0v) is 13.9. The van der Waals surface area contributed by atoms with Crippen LogP contribution in [0.2, 0.25) is 0 Å². The van der Waals surface area contributed by atoms with Gasteiger partial charge < -0.3 is 10.1 Å². The van der Waals surface area contributed by atoms with Crippen LogP contribution in [0.1, 0.15) is 22.5 Å². The summed E-state index contributed by atoms with van der Waals surface area (Å²) >= 11 is 3.55. The summed E-state index contributed by atoms with van der Waals surface area (Å²) in [6.07, 6.45) is 1.73. The van der Waals surface area contributed by atoms with Gasteiger partial charge in [-0.3, -0.25) is 4.98 Å². The number of hydrogen-bond donors (Lipinski definition) is 1. The van der Waals surface area contributed by atoms with Crippen LogP contribution in [0.3, 0.4) is 0 Å². The Bertz CT molecular complexity index is 656. The molecule has 0 bridgehead atoms. The first-order chi connectivity index (χ1) is 9.43. The number of aromatic nitrogens is 2. The molecule has 0 spiro atoms. The van der Waals surface area contributed by atoms with Crippen molar-refractivity contribution in [2.75, 3.05) is 12.4 Å². The number of nitrogens with one attached hydrogen (secondary N) is 1. The van der Waals surface area contributed by atoms with Gasteiger partial charge in [-0.05, 0) is 55.3 Å². The zero-order chi connectivity index (χ0) is 14.9. The maximum absolute atomic E-state index is 5.32. The number of nitrogens with zero attached hydrogens (tertiary/aromatic N) is 2. The molecule has 0 aliphatic rings. The van der Waals surface area contributed by atoms with E-state index in [1.165, 1.54) is 0 Å². The summed E-state index contributed by atoms with van der Waals surface area (Å²) < 4.78 is 6.25. The minimum atomic E-state index is 0.762. The Morgan fingerprint density at radius 3 is 2.50 bits per heavy atom. The Morgan fingerprint density at radius 1 is 1.15 bits per heavy atom. The molecular weight excluding hydrogens is 318 g/mol. The van der Waals surface area contributed by atoms with Crippen LogP contribution in [0.4, 0.5) is 11.5 Å². The lowest BCUT2D eigenvalue weighted by molar-refractivity contribution is 0.410. The van der Waals surface area contributed by atoms with Crippen LogP contribution >= 0.6 is 15.9 Å². The maximum atomic E-state index is 5.32. The van der Waals surface area contributed by atoms with E-state index in [0.29, 0.717) is 0 Å². The highest BCUT2D eigenvalue weighted by molar-refractivity contribution is 9.10. The zero-order valence-electron chi connectivity index (χ0n) is 12.3. The molecule has 4 nitrogen and oxygen atoms in total. The lowest BCUT2D eigenvalue weighted by Crippen LogP contribution is -2.03. The molecule has 0 saturated heterocycles. The molecular formula is C15H18BrN3O. The predicted octanol–water partition coefficient (Wildman–Crippen LogP) is 4.22. The summed E-state index contributed by atoms with van der Waals surface area (Å²) in [6, 6.07) is 2.06.